The van der Waals surface area contributed by atoms with Gasteiger partial charge in [0.1, 0.15) is 11.7 Å². The molecule has 1 aromatic carbocycles. The van der Waals surface area contributed by atoms with E-state index in [0.717, 1.165) is 16.8 Å². The van der Waals surface area contributed by atoms with Crippen LogP contribution in [0.2, 0.25) is 0 Å². The summed E-state index contributed by atoms with van der Waals surface area (Å²) < 4.78 is 3.16. The summed E-state index contributed by atoms with van der Waals surface area (Å²) in [6.45, 7) is 8.12. The molecule has 6 heteroatoms. The van der Waals surface area contributed by atoms with Crippen LogP contribution < -0.4 is 5.56 Å². The molecule has 0 aliphatic rings. The van der Waals surface area contributed by atoms with E-state index in [1.807, 2.05) is 39.8 Å². The molecule has 3 aromatic rings. The largest absolute Gasteiger partial charge is 0.388 e. The molecule has 1 N–H and O–H groups in total. The fraction of sp³-hybridized carbons (Fsp3) is 0.421. The highest BCUT2D eigenvalue weighted by Crippen LogP contribution is 2.19. The number of hydrogen-bond acceptors (Lipinski definition) is 4. The van der Waals surface area contributed by atoms with E-state index in [2.05, 4.69) is 16.1 Å². The van der Waals surface area contributed by atoms with Crippen molar-refractivity contribution in [1.82, 2.24) is 19.3 Å². The second-order valence-corrected chi connectivity index (χ2v) is 6.75. The standard InChI is InChI=1S/C19H24N4O2/c1-5-19(25,6-2)11-22-12-20-17-16(18(22)24)10-21-23(17)15-8-13(3)7-14(4)9-15/h7-10,12,25H,5-6,11H2,1-4H3. The van der Waals surface area contributed by atoms with Gasteiger partial charge >= 0.3 is 0 Å². The van der Waals surface area contributed by atoms with Gasteiger partial charge < -0.3 is 5.11 Å². The summed E-state index contributed by atoms with van der Waals surface area (Å²) in [4.78, 5) is 17.2. The highest BCUT2D eigenvalue weighted by Gasteiger charge is 2.24. The van der Waals surface area contributed by atoms with E-state index in [4.69, 9.17) is 0 Å². The topological polar surface area (TPSA) is 72.9 Å². The van der Waals surface area contributed by atoms with Gasteiger partial charge in [0.2, 0.25) is 0 Å². The van der Waals surface area contributed by atoms with Crippen molar-refractivity contribution in [2.75, 3.05) is 0 Å². The van der Waals surface area contributed by atoms with Crippen LogP contribution in [0.15, 0.2) is 35.5 Å². The average molecular weight is 340 g/mol. The molecule has 0 atom stereocenters. The lowest BCUT2D eigenvalue weighted by Gasteiger charge is -2.25. The fourth-order valence-corrected chi connectivity index (χ4v) is 3.11. The van der Waals surface area contributed by atoms with Gasteiger partial charge in [-0.25, -0.2) is 9.67 Å². The zero-order valence-electron chi connectivity index (χ0n) is 15.2. The summed E-state index contributed by atoms with van der Waals surface area (Å²) in [5.41, 5.74) is 2.59. The van der Waals surface area contributed by atoms with Gasteiger partial charge in [-0.1, -0.05) is 19.9 Å². The molecule has 25 heavy (non-hydrogen) atoms. The molecule has 0 saturated heterocycles. The van der Waals surface area contributed by atoms with Crippen molar-refractivity contribution in [2.45, 2.75) is 52.7 Å². The zero-order chi connectivity index (χ0) is 18.2. The Balaban J connectivity index is 2.09. The first-order valence-electron chi connectivity index (χ1n) is 8.61. The number of hydrogen-bond donors (Lipinski definition) is 1. The Kier molecular flexibility index (Phi) is 4.47. The molecule has 0 aliphatic carbocycles. The summed E-state index contributed by atoms with van der Waals surface area (Å²) in [5, 5.41) is 15.3. The lowest BCUT2D eigenvalue weighted by atomic mass is 9.97. The maximum absolute atomic E-state index is 12.8. The van der Waals surface area contributed by atoms with Gasteiger partial charge in [-0.15, -0.1) is 0 Å². The lowest BCUT2D eigenvalue weighted by Crippen LogP contribution is -2.37. The third-order valence-corrected chi connectivity index (χ3v) is 4.79. The molecular formula is C19H24N4O2. The van der Waals surface area contributed by atoms with Gasteiger partial charge in [-0.05, 0) is 49.9 Å². The van der Waals surface area contributed by atoms with Crippen molar-refractivity contribution < 1.29 is 5.11 Å². The van der Waals surface area contributed by atoms with Crippen LogP contribution in [0.1, 0.15) is 37.8 Å². The van der Waals surface area contributed by atoms with E-state index in [-0.39, 0.29) is 12.1 Å². The maximum Gasteiger partial charge on any atom is 0.264 e. The summed E-state index contributed by atoms with van der Waals surface area (Å²) in [6, 6.07) is 6.12. The van der Waals surface area contributed by atoms with Crippen molar-refractivity contribution in [3.8, 4) is 5.69 Å². The molecule has 132 valence electrons. The molecule has 2 heterocycles. The van der Waals surface area contributed by atoms with Gasteiger partial charge in [0, 0.05) is 0 Å². The Morgan fingerprint density at radius 3 is 2.36 bits per heavy atom. The third kappa shape index (κ3) is 3.22. The molecule has 0 saturated carbocycles. The summed E-state index contributed by atoms with van der Waals surface area (Å²) in [6.07, 6.45) is 4.21. The molecule has 0 unspecified atom stereocenters. The Morgan fingerprint density at radius 2 is 1.76 bits per heavy atom. The van der Waals surface area contributed by atoms with Crippen molar-refractivity contribution >= 4 is 11.0 Å². The highest BCUT2D eigenvalue weighted by atomic mass is 16.3. The molecule has 2 aromatic heterocycles. The molecule has 0 aliphatic heterocycles. The first-order chi connectivity index (χ1) is 11.9. The molecule has 0 spiro atoms. The van der Waals surface area contributed by atoms with E-state index in [1.54, 1.807) is 10.9 Å². The van der Waals surface area contributed by atoms with Crippen LogP contribution in [0.5, 0.6) is 0 Å². The molecule has 0 bridgehead atoms. The molecule has 6 nitrogen and oxygen atoms in total. The van der Waals surface area contributed by atoms with Crippen molar-refractivity contribution in [3.05, 3.63) is 52.2 Å². The molecule has 0 amide bonds. The predicted molar refractivity (Wildman–Crippen MR) is 98.1 cm³/mol. The van der Waals surface area contributed by atoms with Crippen LogP contribution in [0, 0.1) is 13.8 Å². The molecule has 0 radical (unpaired) electrons. The Labute approximate surface area is 146 Å². The minimum atomic E-state index is -0.900. The van der Waals surface area contributed by atoms with Crippen molar-refractivity contribution in [3.63, 3.8) is 0 Å². The van der Waals surface area contributed by atoms with Gasteiger partial charge in [-0.3, -0.25) is 9.36 Å². The van der Waals surface area contributed by atoms with E-state index in [0.29, 0.717) is 23.9 Å². The monoisotopic (exact) mass is 340 g/mol. The fourth-order valence-electron chi connectivity index (χ4n) is 3.11. The second kappa shape index (κ2) is 6.44. The predicted octanol–water partition coefficient (Wildman–Crippen LogP) is 2.75. The van der Waals surface area contributed by atoms with E-state index < -0.39 is 5.60 Å². The van der Waals surface area contributed by atoms with Crippen molar-refractivity contribution in [1.29, 1.82) is 0 Å². The number of aromatic nitrogens is 4. The Hall–Kier alpha value is -2.47. The normalized spacial score (nSPS) is 12.0. The van der Waals surface area contributed by atoms with Crippen LogP contribution in [0.3, 0.4) is 0 Å². The molecule has 0 fully saturated rings. The SMILES string of the molecule is CCC(O)(CC)Cn1cnc2c(cnn2-c2cc(C)cc(C)c2)c1=O. The van der Waals surface area contributed by atoms with E-state index in [1.165, 1.54) is 10.9 Å². The van der Waals surface area contributed by atoms with Crippen LogP contribution in [-0.2, 0) is 6.54 Å². The zero-order valence-corrected chi connectivity index (χ0v) is 15.2. The lowest BCUT2D eigenvalue weighted by molar-refractivity contribution is 0.0140. The highest BCUT2D eigenvalue weighted by molar-refractivity contribution is 5.75. The second-order valence-electron chi connectivity index (χ2n) is 6.75. The average Bonchev–Trinajstić information content (AvgIpc) is 3.01. The number of benzene rings is 1. The maximum atomic E-state index is 12.8. The Bertz CT molecular complexity index is 947. The van der Waals surface area contributed by atoms with Crippen LogP contribution in [0.4, 0.5) is 0 Å². The number of aryl methyl sites for hydroxylation is 2. The number of fused-ring (bicyclic) bond motifs is 1. The Morgan fingerprint density at radius 1 is 1.12 bits per heavy atom. The van der Waals surface area contributed by atoms with Crippen molar-refractivity contribution in [2.24, 2.45) is 0 Å². The first-order valence-corrected chi connectivity index (χ1v) is 8.61. The van der Waals surface area contributed by atoms with Gasteiger partial charge in [0.05, 0.1) is 24.0 Å². The summed E-state index contributed by atoms with van der Waals surface area (Å²) in [7, 11) is 0. The quantitative estimate of drug-likeness (QED) is 0.775. The molecular weight excluding hydrogens is 316 g/mol. The first kappa shape index (κ1) is 17.4. The van der Waals surface area contributed by atoms with Crippen LogP contribution in [-0.4, -0.2) is 30.0 Å². The van der Waals surface area contributed by atoms with Crippen LogP contribution in [0.25, 0.3) is 16.7 Å². The number of aliphatic hydroxyl groups is 1. The smallest absolute Gasteiger partial charge is 0.264 e. The summed E-state index contributed by atoms with van der Waals surface area (Å²) in [5.74, 6) is 0. The third-order valence-electron chi connectivity index (χ3n) is 4.79. The summed E-state index contributed by atoms with van der Waals surface area (Å²) >= 11 is 0. The number of rotatable bonds is 5. The van der Waals surface area contributed by atoms with Crippen LogP contribution >= 0.6 is 0 Å². The minimum absolute atomic E-state index is 0.180. The van der Waals surface area contributed by atoms with E-state index >= 15 is 0 Å². The van der Waals surface area contributed by atoms with E-state index in [9.17, 15) is 9.90 Å². The minimum Gasteiger partial charge on any atom is -0.388 e. The van der Waals surface area contributed by atoms with Gasteiger partial charge in [0.15, 0.2) is 5.65 Å². The number of nitrogens with zero attached hydrogens (tertiary/aromatic N) is 4. The van der Waals surface area contributed by atoms with Gasteiger partial charge in [-0.2, -0.15) is 5.10 Å². The molecule has 3 rings (SSSR count). The van der Waals surface area contributed by atoms with Gasteiger partial charge in [0.25, 0.3) is 5.56 Å².